The zero-order chi connectivity index (χ0) is 44.3. The second-order valence-electron chi connectivity index (χ2n) is 17.1. The Hall–Kier alpha value is -8.99. The van der Waals surface area contributed by atoms with Gasteiger partial charge in [-0.15, -0.1) is 0 Å². The van der Waals surface area contributed by atoms with Gasteiger partial charge in [0.15, 0.2) is 17.5 Å². The number of aromatic nitrogens is 4. The molecule has 11 aromatic carbocycles. The van der Waals surface area contributed by atoms with Gasteiger partial charge in [0.2, 0.25) is 0 Å². The summed E-state index contributed by atoms with van der Waals surface area (Å²) >= 11 is 0. The van der Waals surface area contributed by atoms with Crippen LogP contribution in [0.25, 0.3) is 127 Å². The first-order valence-corrected chi connectivity index (χ1v) is 22.8. The largest absolute Gasteiger partial charge is 0.309 e. The van der Waals surface area contributed by atoms with Gasteiger partial charge in [-0.3, -0.25) is 0 Å². The molecule has 0 aliphatic rings. The molecule has 13 rings (SSSR count). The van der Waals surface area contributed by atoms with E-state index in [1.54, 1.807) is 0 Å². The predicted octanol–water partition coefficient (Wildman–Crippen LogP) is 16.4. The Morgan fingerprint density at radius 1 is 0.254 bits per heavy atom. The van der Waals surface area contributed by atoms with E-state index < -0.39 is 0 Å². The van der Waals surface area contributed by atoms with Crippen molar-refractivity contribution in [1.29, 1.82) is 0 Å². The fourth-order valence-corrected chi connectivity index (χ4v) is 10.0. The van der Waals surface area contributed by atoms with Gasteiger partial charge in [-0.05, 0) is 108 Å². The van der Waals surface area contributed by atoms with Crippen molar-refractivity contribution in [2.45, 2.75) is 0 Å². The van der Waals surface area contributed by atoms with Crippen molar-refractivity contribution in [2.75, 3.05) is 0 Å². The SMILES string of the molecule is c1ccc(-c2ccccc2-c2nc(-c3ccc(-c4ccc(-c5c6ccccc6cc6c5ccc5ccccc56)cc4)cc3)nc(-c3ccc(-n4c5ccccc5c5ccccc54)cc3)n2)cc1. The highest BCUT2D eigenvalue weighted by molar-refractivity contribution is 6.20. The summed E-state index contributed by atoms with van der Waals surface area (Å²) in [6.07, 6.45) is 0. The maximum absolute atomic E-state index is 5.20. The molecule has 0 fully saturated rings. The van der Waals surface area contributed by atoms with Crippen molar-refractivity contribution < 1.29 is 0 Å². The van der Waals surface area contributed by atoms with Crippen molar-refractivity contribution in [3.63, 3.8) is 0 Å². The summed E-state index contributed by atoms with van der Waals surface area (Å²) < 4.78 is 2.33. The van der Waals surface area contributed by atoms with Gasteiger partial charge in [0, 0.05) is 33.2 Å². The molecule has 312 valence electrons. The van der Waals surface area contributed by atoms with Crippen LogP contribution in [-0.4, -0.2) is 19.5 Å². The maximum Gasteiger partial charge on any atom is 0.164 e. The van der Waals surface area contributed by atoms with Gasteiger partial charge < -0.3 is 4.57 Å². The van der Waals surface area contributed by atoms with Gasteiger partial charge in [-0.25, -0.2) is 15.0 Å². The number of nitrogens with zero attached hydrogens (tertiary/aromatic N) is 4. The van der Waals surface area contributed by atoms with E-state index in [2.05, 4.69) is 241 Å². The van der Waals surface area contributed by atoms with Gasteiger partial charge in [0.1, 0.15) is 0 Å². The summed E-state index contributed by atoms with van der Waals surface area (Å²) in [5.74, 6) is 1.86. The molecule has 0 amide bonds. The Morgan fingerprint density at radius 3 is 1.39 bits per heavy atom. The minimum Gasteiger partial charge on any atom is -0.309 e. The first-order valence-electron chi connectivity index (χ1n) is 22.8. The normalized spacial score (nSPS) is 11.6. The average Bonchev–Trinajstić information content (AvgIpc) is 3.75. The highest BCUT2D eigenvalue weighted by atomic mass is 15.0. The lowest BCUT2D eigenvalue weighted by atomic mass is 9.89. The van der Waals surface area contributed by atoms with Crippen LogP contribution in [0, 0.1) is 0 Å². The Morgan fingerprint density at radius 2 is 0.731 bits per heavy atom. The van der Waals surface area contributed by atoms with Crippen molar-refractivity contribution in [1.82, 2.24) is 19.5 Å². The third-order valence-electron chi connectivity index (χ3n) is 13.3. The average molecular weight is 853 g/mol. The molecule has 0 saturated carbocycles. The summed E-state index contributed by atoms with van der Waals surface area (Å²) in [7, 11) is 0. The van der Waals surface area contributed by atoms with Gasteiger partial charge in [0.25, 0.3) is 0 Å². The standard InChI is InChI=1S/C63H40N4/c1-2-14-43(15-3-1)50-18-8-9-23-56(50)63-65-61(64-62(66-63)47-34-37-49(38-35-47)67-58-24-12-10-21-53(58)54-22-11-13-25-59(54)67)46-32-28-42(29-33-46)41-26-30-45(31-27-41)60-52-20-7-5-17-48(52)40-57-51-19-6-4-16-44(51)36-39-55(57)60/h1-40H. The monoisotopic (exact) mass is 852 g/mol. The summed E-state index contributed by atoms with van der Waals surface area (Å²) in [6, 6.07) is 86.5. The third-order valence-corrected chi connectivity index (χ3v) is 13.3. The molecule has 0 aliphatic heterocycles. The third kappa shape index (κ3) is 6.65. The maximum atomic E-state index is 5.20. The van der Waals surface area contributed by atoms with Crippen molar-refractivity contribution in [3.8, 4) is 73.2 Å². The molecule has 0 saturated heterocycles. The summed E-state index contributed by atoms with van der Waals surface area (Å²) in [5.41, 5.74) is 13.1. The van der Waals surface area contributed by atoms with Crippen LogP contribution in [0.5, 0.6) is 0 Å². The lowest BCUT2D eigenvalue weighted by molar-refractivity contribution is 1.07. The van der Waals surface area contributed by atoms with Gasteiger partial charge in [-0.1, -0.05) is 200 Å². The molecule has 0 unspecified atom stereocenters. The Labute approximate surface area is 387 Å². The Bertz CT molecular complexity index is 3950. The van der Waals surface area contributed by atoms with Crippen LogP contribution in [0.4, 0.5) is 0 Å². The van der Waals surface area contributed by atoms with Crippen LogP contribution in [0.1, 0.15) is 0 Å². The van der Waals surface area contributed by atoms with Crippen LogP contribution >= 0.6 is 0 Å². The first kappa shape index (κ1) is 38.5. The fraction of sp³-hybridized carbons (Fsp3) is 0. The molecular formula is C63H40N4. The van der Waals surface area contributed by atoms with E-state index in [0.717, 1.165) is 44.6 Å². The lowest BCUT2D eigenvalue weighted by Crippen LogP contribution is -2.01. The number of rotatable bonds is 7. The fourth-order valence-electron chi connectivity index (χ4n) is 10.0. The van der Waals surface area contributed by atoms with E-state index in [9.17, 15) is 0 Å². The Kier molecular flexibility index (Phi) is 9.14. The van der Waals surface area contributed by atoms with E-state index in [4.69, 9.17) is 15.0 Å². The number of hydrogen-bond donors (Lipinski definition) is 0. The molecule has 0 radical (unpaired) electrons. The molecule has 13 aromatic rings. The summed E-state index contributed by atoms with van der Waals surface area (Å²) in [4.78, 5) is 15.6. The molecule has 0 aliphatic carbocycles. The first-order chi connectivity index (χ1) is 33.2. The quantitative estimate of drug-likeness (QED) is 0.118. The molecule has 4 heteroatoms. The van der Waals surface area contributed by atoms with E-state index in [1.807, 2.05) is 6.07 Å². The van der Waals surface area contributed by atoms with Crippen molar-refractivity contribution in [2.24, 2.45) is 0 Å². The van der Waals surface area contributed by atoms with Crippen LogP contribution in [0.15, 0.2) is 243 Å². The minimum absolute atomic E-state index is 0.616. The number of fused-ring (bicyclic) bond motifs is 7. The highest BCUT2D eigenvalue weighted by Gasteiger charge is 2.18. The van der Waals surface area contributed by atoms with Gasteiger partial charge in [0.05, 0.1) is 11.0 Å². The van der Waals surface area contributed by atoms with E-state index in [1.165, 1.54) is 65.3 Å². The predicted molar refractivity (Wildman–Crippen MR) is 279 cm³/mol. The summed E-state index contributed by atoms with van der Waals surface area (Å²) in [6.45, 7) is 0. The molecule has 67 heavy (non-hydrogen) atoms. The highest BCUT2D eigenvalue weighted by Crippen LogP contribution is 2.41. The van der Waals surface area contributed by atoms with Crippen LogP contribution < -0.4 is 0 Å². The smallest absolute Gasteiger partial charge is 0.164 e. The summed E-state index contributed by atoms with van der Waals surface area (Å²) in [5, 5.41) is 10.0. The van der Waals surface area contributed by atoms with Crippen molar-refractivity contribution in [3.05, 3.63) is 243 Å². The number of para-hydroxylation sites is 2. The lowest BCUT2D eigenvalue weighted by Gasteiger charge is -2.15. The molecular weight excluding hydrogens is 813 g/mol. The molecule has 0 N–H and O–H groups in total. The van der Waals surface area contributed by atoms with Crippen LogP contribution in [0.3, 0.4) is 0 Å². The van der Waals surface area contributed by atoms with E-state index in [-0.39, 0.29) is 0 Å². The molecule has 2 heterocycles. The van der Waals surface area contributed by atoms with Gasteiger partial charge >= 0.3 is 0 Å². The van der Waals surface area contributed by atoms with Crippen LogP contribution in [0.2, 0.25) is 0 Å². The second kappa shape index (κ2) is 15.9. The minimum atomic E-state index is 0.616. The van der Waals surface area contributed by atoms with Crippen LogP contribution in [-0.2, 0) is 0 Å². The van der Waals surface area contributed by atoms with Crippen molar-refractivity contribution >= 4 is 54.1 Å². The van der Waals surface area contributed by atoms with Gasteiger partial charge in [-0.2, -0.15) is 0 Å². The zero-order valence-electron chi connectivity index (χ0n) is 36.4. The Balaban J connectivity index is 0.884. The number of benzene rings is 11. The molecule has 0 bridgehead atoms. The second-order valence-corrected chi connectivity index (χ2v) is 17.1. The molecule has 0 spiro atoms. The number of hydrogen-bond acceptors (Lipinski definition) is 3. The van der Waals surface area contributed by atoms with E-state index >= 15 is 0 Å². The zero-order valence-corrected chi connectivity index (χ0v) is 36.4. The van der Waals surface area contributed by atoms with E-state index in [0.29, 0.717) is 17.5 Å². The molecule has 0 atom stereocenters. The topological polar surface area (TPSA) is 43.6 Å². The molecule has 4 nitrogen and oxygen atoms in total. The molecule has 2 aromatic heterocycles.